The Bertz CT molecular complexity index is 1200. The van der Waals surface area contributed by atoms with Crippen molar-refractivity contribution in [1.29, 1.82) is 0 Å². The molecular weight excluding hydrogens is 585 g/mol. The second-order valence-electron chi connectivity index (χ2n) is 13.4. The Kier molecular flexibility index (Phi) is 18.7. The van der Waals surface area contributed by atoms with Crippen LogP contribution in [0.15, 0.2) is 109 Å². The number of hydrogen-bond donors (Lipinski definition) is 4. The highest BCUT2D eigenvalue weighted by Gasteiger charge is 1.99. The van der Waals surface area contributed by atoms with E-state index in [2.05, 4.69) is 118 Å². The van der Waals surface area contributed by atoms with Crippen LogP contribution in [0.5, 0.6) is 0 Å². The lowest BCUT2D eigenvalue weighted by Crippen LogP contribution is -2.01. The maximum atomic E-state index is 3.57. The van der Waals surface area contributed by atoms with Gasteiger partial charge in [0.25, 0.3) is 0 Å². The lowest BCUT2D eigenvalue weighted by Gasteiger charge is -2.09. The smallest absolute Gasteiger partial charge is 0.0385 e. The standard InChI is InChI=1S/C44H62N4/c1(3-5-7-9-11-13-15-23-37-45-39-29-33-43(34-30-39)47-41-25-19-17-20-26-41)2-4-6-8-10-12-14-16-24-38-46-40-31-35-44(36-32-40)48-42-27-21-18-22-28-42/h17-22,25-36,45-48H,1-16,23-24,37-38H2. The fourth-order valence-corrected chi connectivity index (χ4v) is 6.26. The SMILES string of the molecule is c1ccc(Nc2ccc(NCCCCCCCCCCCCCCCCCCCCNc3ccc(Nc4ccccc4)cc3)cc2)cc1. The van der Waals surface area contributed by atoms with Gasteiger partial charge in [-0.25, -0.2) is 0 Å². The molecule has 0 saturated heterocycles. The van der Waals surface area contributed by atoms with Gasteiger partial charge in [0, 0.05) is 47.2 Å². The van der Waals surface area contributed by atoms with Gasteiger partial charge < -0.3 is 21.3 Å². The Morgan fingerprint density at radius 2 is 0.458 bits per heavy atom. The number of rotatable bonds is 27. The van der Waals surface area contributed by atoms with Crippen LogP contribution in [0.4, 0.5) is 34.1 Å². The van der Waals surface area contributed by atoms with Crippen molar-refractivity contribution in [1.82, 2.24) is 0 Å². The summed E-state index contributed by atoms with van der Waals surface area (Å²) < 4.78 is 0. The average Bonchev–Trinajstić information content (AvgIpc) is 3.13. The monoisotopic (exact) mass is 646 g/mol. The van der Waals surface area contributed by atoms with Crippen molar-refractivity contribution in [2.75, 3.05) is 34.4 Å². The van der Waals surface area contributed by atoms with Crippen LogP contribution in [0.25, 0.3) is 0 Å². The number of hydrogen-bond acceptors (Lipinski definition) is 4. The molecule has 4 rings (SSSR count). The van der Waals surface area contributed by atoms with E-state index in [9.17, 15) is 0 Å². The third-order valence-corrected chi connectivity index (χ3v) is 9.16. The summed E-state index contributed by atoms with van der Waals surface area (Å²) in [4.78, 5) is 0. The topological polar surface area (TPSA) is 48.1 Å². The van der Waals surface area contributed by atoms with Crippen LogP contribution < -0.4 is 21.3 Å². The number of para-hydroxylation sites is 2. The first-order chi connectivity index (χ1) is 23.8. The molecule has 0 aliphatic rings. The zero-order chi connectivity index (χ0) is 33.2. The lowest BCUT2D eigenvalue weighted by molar-refractivity contribution is 0.525. The molecule has 4 heteroatoms. The van der Waals surface area contributed by atoms with Gasteiger partial charge in [-0.2, -0.15) is 0 Å². The molecule has 0 heterocycles. The molecule has 4 aromatic carbocycles. The van der Waals surface area contributed by atoms with Crippen molar-refractivity contribution in [3.8, 4) is 0 Å². The van der Waals surface area contributed by atoms with Crippen molar-refractivity contribution in [2.24, 2.45) is 0 Å². The van der Waals surface area contributed by atoms with E-state index in [0.29, 0.717) is 0 Å². The fourth-order valence-electron chi connectivity index (χ4n) is 6.26. The second-order valence-corrected chi connectivity index (χ2v) is 13.4. The van der Waals surface area contributed by atoms with E-state index in [-0.39, 0.29) is 0 Å². The summed E-state index contributed by atoms with van der Waals surface area (Å²) in [6.45, 7) is 2.13. The summed E-state index contributed by atoms with van der Waals surface area (Å²) in [7, 11) is 0. The summed E-state index contributed by atoms with van der Waals surface area (Å²) in [5.41, 5.74) is 6.91. The highest BCUT2D eigenvalue weighted by atomic mass is 14.9. The Balaban J connectivity index is 0.831. The quantitative estimate of drug-likeness (QED) is 0.0487. The molecule has 0 amide bonds. The van der Waals surface area contributed by atoms with Gasteiger partial charge in [0.05, 0.1) is 0 Å². The van der Waals surface area contributed by atoms with Crippen LogP contribution in [-0.4, -0.2) is 13.1 Å². The Hall–Kier alpha value is -3.92. The van der Waals surface area contributed by atoms with Crippen molar-refractivity contribution in [3.05, 3.63) is 109 Å². The molecule has 0 aromatic heterocycles. The van der Waals surface area contributed by atoms with Gasteiger partial charge in [-0.05, 0) is 85.6 Å². The van der Waals surface area contributed by atoms with E-state index < -0.39 is 0 Å². The Morgan fingerprint density at radius 1 is 0.229 bits per heavy atom. The average molecular weight is 647 g/mol. The molecule has 0 spiro atoms. The molecule has 0 radical (unpaired) electrons. The normalized spacial score (nSPS) is 10.9. The molecule has 4 aromatic rings. The van der Waals surface area contributed by atoms with Gasteiger partial charge in [0.1, 0.15) is 0 Å². The number of benzene rings is 4. The lowest BCUT2D eigenvalue weighted by atomic mass is 10.0. The maximum Gasteiger partial charge on any atom is 0.0385 e. The summed E-state index contributed by atoms with van der Waals surface area (Å²) in [5, 5.41) is 14.0. The number of nitrogens with one attached hydrogen (secondary N) is 4. The molecule has 4 nitrogen and oxygen atoms in total. The fraction of sp³-hybridized carbons (Fsp3) is 0.455. The van der Waals surface area contributed by atoms with Gasteiger partial charge in [-0.1, -0.05) is 139 Å². The molecule has 0 fully saturated rings. The highest BCUT2D eigenvalue weighted by molar-refractivity contribution is 5.63. The van der Waals surface area contributed by atoms with Crippen LogP contribution >= 0.6 is 0 Å². The van der Waals surface area contributed by atoms with Gasteiger partial charge >= 0.3 is 0 Å². The zero-order valence-electron chi connectivity index (χ0n) is 29.5. The van der Waals surface area contributed by atoms with E-state index in [0.717, 1.165) is 35.8 Å². The molecule has 0 aliphatic heterocycles. The highest BCUT2D eigenvalue weighted by Crippen LogP contribution is 2.21. The van der Waals surface area contributed by atoms with Gasteiger partial charge in [-0.15, -0.1) is 0 Å². The predicted octanol–water partition coefficient (Wildman–Crippen LogP) is 13.7. The van der Waals surface area contributed by atoms with E-state index >= 15 is 0 Å². The van der Waals surface area contributed by atoms with E-state index in [4.69, 9.17) is 0 Å². The third-order valence-electron chi connectivity index (χ3n) is 9.16. The summed E-state index contributed by atoms with van der Waals surface area (Å²) in [6, 6.07) is 37.9. The van der Waals surface area contributed by atoms with Crippen molar-refractivity contribution in [2.45, 2.75) is 116 Å². The minimum Gasteiger partial charge on any atom is -0.385 e. The first kappa shape index (κ1) is 36.9. The number of anilines is 6. The van der Waals surface area contributed by atoms with Crippen LogP contribution in [0.3, 0.4) is 0 Å². The molecule has 0 bridgehead atoms. The molecule has 0 unspecified atom stereocenters. The molecular formula is C44H62N4. The van der Waals surface area contributed by atoms with Gasteiger partial charge in [0.15, 0.2) is 0 Å². The molecule has 48 heavy (non-hydrogen) atoms. The largest absolute Gasteiger partial charge is 0.385 e. The maximum absolute atomic E-state index is 3.57. The Morgan fingerprint density at radius 3 is 0.750 bits per heavy atom. The van der Waals surface area contributed by atoms with E-state index in [1.54, 1.807) is 0 Å². The second kappa shape index (κ2) is 24.3. The Labute approximate surface area is 292 Å². The van der Waals surface area contributed by atoms with Crippen LogP contribution in [0.1, 0.15) is 116 Å². The zero-order valence-corrected chi connectivity index (χ0v) is 29.5. The molecule has 258 valence electrons. The van der Waals surface area contributed by atoms with Crippen molar-refractivity contribution in [3.63, 3.8) is 0 Å². The summed E-state index contributed by atoms with van der Waals surface area (Å²) >= 11 is 0. The molecule has 4 N–H and O–H groups in total. The van der Waals surface area contributed by atoms with Crippen molar-refractivity contribution >= 4 is 34.1 Å². The van der Waals surface area contributed by atoms with Crippen molar-refractivity contribution < 1.29 is 0 Å². The molecule has 0 aliphatic carbocycles. The van der Waals surface area contributed by atoms with Gasteiger partial charge in [0.2, 0.25) is 0 Å². The first-order valence-corrected chi connectivity index (χ1v) is 19.2. The summed E-state index contributed by atoms with van der Waals surface area (Å²) in [6.07, 6.45) is 25.0. The third kappa shape index (κ3) is 16.8. The first-order valence-electron chi connectivity index (χ1n) is 19.2. The van der Waals surface area contributed by atoms with Gasteiger partial charge in [-0.3, -0.25) is 0 Å². The summed E-state index contributed by atoms with van der Waals surface area (Å²) in [5.74, 6) is 0. The minimum absolute atomic E-state index is 1.06. The van der Waals surface area contributed by atoms with E-state index in [1.807, 2.05) is 12.1 Å². The predicted molar refractivity (Wildman–Crippen MR) is 212 cm³/mol. The number of unbranched alkanes of at least 4 members (excludes halogenated alkanes) is 17. The molecule has 0 atom stereocenters. The van der Waals surface area contributed by atoms with Crippen LogP contribution in [-0.2, 0) is 0 Å². The minimum atomic E-state index is 1.06. The molecule has 0 saturated carbocycles. The van der Waals surface area contributed by atoms with Crippen LogP contribution in [0, 0.1) is 0 Å². The van der Waals surface area contributed by atoms with Crippen LogP contribution in [0.2, 0.25) is 0 Å². The van der Waals surface area contributed by atoms with E-state index in [1.165, 1.54) is 127 Å².